The topological polar surface area (TPSA) is 84.9 Å². The lowest BCUT2D eigenvalue weighted by atomic mass is 9.93. The van der Waals surface area contributed by atoms with Crippen molar-refractivity contribution in [2.24, 2.45) is 5.92 Å². The molecule has 0 spiro atoms. The highest BCUT2D eigenvalue weighted by atomic mass is 16.5. The quantitative estimate of drug-likeness (QED) is 0.762. The third-order valence-electron chi connectivity index (χ3n) is 4.05. The zero-order valence-electron chi connectivity index (χ0n) is 14.2. The Hall–Kier alpha value is -2.08. The van der Waals surface area contributed by atoms with E-state index in [4.69, 9.17) is 14.6 Å². The number of benzene rings is 1. The zero-order valence-corrected chi connectivity index (χ0v) is 14.2. The number of amides is 1. The summed E-state index contributed by atoms with van der Waals surface area (Å²) in [6.45, 7) is 5.59. The van der Waals surface area contributed by atoms with Gasteiger partial charge >= 0.3 is 5.97 Å². The summed E-state index contributed by atoms with van der Waals surface area (Å²) < 4.78 is 10.9. The molecule has 1 saturated heterocycles. The van der Waals surface area contributed by atoms with Crippen LogP contribution in [0.2, 0.25) is 0 Å². The first-order valence-electron chi connectivity index (χ1n) is 8.25. The molecule has 2 N–H and O–H groups in total. The molecule has 0 bridgehead atoms. The van der Waals surface area contributed by atoms with Gasteiger partial charge in [-0.15, -0.1) is 0 Å². The average Bonchev–Trinajstić information content (AvgIpc) is 2.94. The Kier molecular flexibility index (Phi) is 6.20. The Morgan fingerprint density at radius 2 is 2.04 bits per heavy atom. The molecule has 6 heteroatoms. The summed E-state index contributed by atoms with van der Waals surface area (Å²) in [5.74, 6) is 0.0518. The van der Waals surface area contributed by atoms with Gasteiger partial charge in [0.15, 0.2) is 0 Å². The molecular formula is C18H25NO5. The Morgan fingerprint density at radius 1 is 1.33 bits per heavy atom. The monoisotopic (exact) mass is 335 g/mol. The molecule has 1 aromatic rings. The van der Waals surface area contributed by atoms with Gasteiger partial charge in [0.1, 0.15) is 5.75 Å². The molecule has 24 heavy (non-hydrogen) atoms. The molecule has 1 aliphatic rings. The molecule has 1 aromatic carbocycles. The summed E-state index contributed by atoms with van der Waals surface area (Å²) in [5.41, 5.74) is -0.349. The van der Waals surface area contributed by atoms with Crippen LogP contribution >= 0.6 is 0 Å². The number of carboxylic acids is 1. The summed E-state index contributed by atoms with van der Waals surface area (Å²) in [6, 6.07) is 6.88. The molecule has 0 aliphatic carbocycles. The molecule has 0 radical (unpaired) electrons. The first kappa shape index (κ1) is 18.3. The molecule has 6 nitrogen and oxygen atoms in total. The summed E-state index contributed by atoms with van der Waals surface area (Å²) in [5, 5.41) is 11.9. The molecular weight excluding hydrogens is 310 g/mol. The van der Waals surface area contributed by atoms with E-state index in [0.29, 0.717) is 31.1 Å². The van der Waals surface area contributed by atoms with Crippen molar-refractivity contribution in [3.63, 3.8) is 0 Å². The molecule has 2 rings (SSSR count). The molecule has 1 unspecified atom stereocenters. The van der Waals surface area contributed by atoms with Crippen LogP contribution in [-0.2, 0) is 9.53 Å². The number of nitrogens with one attached hydrogen (secondary N) is 1. The van der Waals surface area contributed by atoms with Crippen LogP contribution in [0.5, 0.6) is 5.75 Å². The smallest absolute Gasteiger partial charge is 0.305 e. The predicted molar refractivity (Wildman–Crippen MR) is 89.3 cm³/mol. The molecule has 1 amide bonds. The van der Waals surface area contributed by atoms with E-state index in [-0.39, 0.29) is 18.9 Å². The maximum Gasteiger partial charge on any atom is 0.305 e. The fraction of sp³-hybridized carbons (Fsp3) is 0.556. The van der Waals surface area contributed by atoms with Gasteiger partial charge in [0, 0.05) is 12.2 Å². The number of rotatable bonds is 8. The minimum absolute atomic E-state index is 0.144. The maximum atomic E-state index is 12.4. The van der Waals surface area contributed by atoms with E-state index >= 15 is 0 Å². The van der Waals surface area contributed by atoms with Gasteiger partial charge < -0.3 is 19.9 Å². The van der Waals surface area contributed by atoms with Crippen molar-refractivity contribution in [2.75, 3.05) is 19.8 Å². The molecule has 1 heterocycles. The third kappa shape index (κ3) is 5.23. The highest BCUT2D eigenvalue weighted by Crippen LogP contribution is 2.23. The van der Waals surface area contributed by atoms with E-state index in [2.05, 4.69) is 19.2 Å². The Morgan fingerprint density at radius 3 is 2.58 bits per heavy atom. The van der Waals surface area contributed by atoms with Crippen LogP contribution in [0.3, 0.4) is 0 Å². The summed E-state index contributed by atoms with van der Waals surface area (Å²) in [7, 11) is 0. The molecule has 1 atom stereocenters. The molecule has 1 fully saturated rings. The van der Waals surface area contributed by atoms with Gasteiger partial charge in [-0.25, -0.2) is 0 Å². The van der Waals surface area contributed by atoms with Crippen molar-refractivity contribution >= 4 is 11.9 Å². The number of carboxylic acid groups (broad SMARTS) is 1. The minimum Gasteiger partial charge on any atom is -0.494 e. The van der Waals surface area contributed by atoms with Crippen LogP contribution < -0.4 is 10.1 Å². The lowest BCUT2D eigenvalue weighted by molar-refractivity contribution is -0.138. The second kappa shape index (κ2) is 8.15. The summed E-state index contributed by atoms with van der Waals surface area (Å²) in [6.07, 6.45) is 1.33. The predicted octanol–water partition coefficient (Wildman–Crippen LogP) is 2.48. The van der Waals surface area contributed by atoms with Crippen LogP contribution in [0.1, 0.15) is 43.5 Å². The van der Waals surface area contributed by atoms with Gasteiger partial charge in [-0.1, -0.05) is 13.8 Å². The maximum absolute atomic E-state index is 12.4. The van der Waals surface area contributed by atoms with Crippen LogP contribution in [-0.4, -0.2) is 42.3 Å². The number of carbonyl (C=O) groups excluding carboxylic acids is 1. The van der Waals surface area contributed by atoms with Crippen LogP contribution in [0.4, 0.5) is 0 Å². The minimum atomic E-state index is -0.949. The van der Waals surface area contributed by atoms with Crippen molar-refractivity contribution in [1.29, 1.82) is 0 Å². The van der Waals surface area contributed by atoms with Gasteiger partial charge in [-0.05, 0) is 43.0 Å². The van der Waals surface area contributed by atoms with Gasteiger partial charge in [-0.3, -0.25) is 9.59 Å². The van der Waals surface area contributed by atoms with Crippen LogP contribution in [0.25, 0.3) is 0 Å². The van der Waals surface area contributed by atoms with Gasteiger partial charge in [0.2, 0.25) is 0 Å². The number of carbonyl (C=O) groups is 2. The van der Waals surface area contributed by atoms with Gasteiger partial charge in [0.25, 0.3) is 5.91 Å². The largest absolute Gasteiger partial charge is 0.494 e. The van der Waals surface area contributed by atoms with Crippen molar-refractivity contribution < 1.29 is 24.2 Å². The third-order valence-corrected chi connectivity index (χ3v) is 4.05. The summed E-state index contributed by atoms with van der Waals surface area (Å²) >= 11 is 0. The van der Waals surface area contributed by atoms with Crippen molar-refractivity contribution in [2.45, 2.75) is 38.6 Å². The first-order valence-corrected chi connectivity index (χ1v) is 8.25. The second-order valence-corrected chi connectivity index (χ2v) is 6.66. The highest BCUT2D eigenvalue weighted by molar-refractivity contribution is 5.95. The number of hydrogen-bond acceptors (Lipinski definition) is 4. The Labute approximate surface area is 142 Å². The molecule has 0 saturated carbocycles. The van der Waals surface area contributed by atoms with E-state index < -0.39 is 11.5 Å². The fourth-order valence-corrected chi connectivity index (χ4v) is 2.61. The SMILES string of the molecule is CC(C)CCOc1ccc(C(=O)NC2(CC(=O)O)CCOC2)cc1. The second-order valence-electron chi connectivity index (χ2n) is 6.66. The van der Waals surface area contributed by atoms with Crippen molar-refractivity contribution in [3.05, 3.63) is 29.8 Å². The lowest BCUT2D eigenvalue weighted by Crippen LogP contribution is -2.50. The number of ether oxygens (including phenoxy) is 2. The molecule has 1 aliphatic heterocycles. The van der Waals surface area contributed by atoms with Crippen LogP contribution in [0, 0.1) is 5.92 Å². The average molecular weight is 335 g/mol. The Bertz CT molecular complexity index is 561. The van der Waals surface area contributed by atoms with Gasteiger partial charge in [0.05, 0.1) is 25.2 Å². The standard InChI is InChI=1S/C18H25NO5/c1-13(2)7-9-24-15-5-3-14(4-6-15)17(22)19-18(11-16(20)21)8-10-23-12-18/h3-6,13H,7-12H2,1-2H3,(H,19,22)(H,20,21). The van der Waals surface area contributed by atoms with Crippen LogP contribution in [0.15, 0.2) is 24.3 Å². The number of hydrogen-bond donors (Lipinski definition) is 2. The van der Waals surface area contributed by atoms with E-state index in [1.165, 1.54) is 0 Å². The number of aliphatic carboxylic acids is 1. The Balaban J connectivity index is 1.95. The van der Waals surface area contributed by atoms with E-state index in [1.54, 1.807) is 24.3 Å². The fourth-order valence-electron chi connectivity index (χ4n) is 2.61. The van der Waals surface area contributed by atoms with Gasteiger partial charge in [-0.2, -0.15) is 0 Å². The van der Waals surface area contributed by atoms with Crippen molar-refractivity contribution in [1.82, 2.24) is 5.32 Å². The van der Waals surface area contributed by atoms with E-state index in [1.807, 2.05) is 0 Å². The first-order chi connectivity index (χ1) is 11.4. The molecule has 132 valence electrons. The van der Waals surface area contributed by atoms with Crippen molar-refractivity contribution in [3.8, 4) is 5.75 Å². The normalized spacial score (nSPS) is 20.1. The van der Waals surface area contributed by atoms with E-state index in [0.717, 1.165) is 12.2 Å². The lowest BCUT2D eigenvalue weighted by Gasteiger charge is -2.27. The summed E-state index contributed by atoms with van der Waals surface area (Å²) in [4.78, 5) is 23.4. The molecule has 0 aromatic heterocycles. The zero-order chi connectivity index (χ0) is 17.6. The highest BCUT2D eigenvalue weighted by Gasteiger charge is 2.38. The van der Waals surface area contributed by atoms with E-state index in [9.17, 15) is 9.59 Å².